The first kappa shape index (κ1) is 11.7. The number of allylic oxidation sites excluding steroid dienone is 1. The fourth-order valence-corrected chi connectivity index (χ4v) is 3.53. The molecule has 2 aliphatic rings. The minimum Gasteiger partial charge on any atom is -0.294 e. The number of hydrogen-bond donors (Lipinski definition) is 0. The number of carbonyl (C=O) groups excluding carboxylic acids is 1. The fraction of sp³-hybridized carbons (Fsp3) is 0.471. The Kier molecular flexibility index (Phi) is 2.65. The van der Waals surface area contributed by atoms with E-state index in [0.717, 1.165) is 12.0 Å². The van der Waals surface area contributed by atoms with Gasteiger partial charge in [-0.3, -0.25) is 4.79 Å². The summed E-state index contributed by atoms with van der Waals surface area (Å²) >= 11 is 0. The topological polar surface area (TPSA) is 17.1 Å². The lowest BCUT2D eigenvalue weighted by molar-refractivity contribution is -0.123. The van der Waals surface area contributed by atoms with Crippen molar-refractivity contribution in [3.05, 3.63) is 41.0 Å². The Balaban J connectivity index is 2.09. The van der Waals surface area contributed by atoms with Gasteiger partial charge in [-0.05, 0) is 47.0 Å². The van der Waals surface area contributed by atoms with E-state index in [0.29, 0.717) is 23.5 Å². The van der Waals surface area contributed by atoms with Crippen molar-refractivity contribution >= 4 is 11.9 Å². The Morgan fingerprint density at radius 3 is 2.56 bits per heavy atom. The Hall–Kier alpha value is -1.37. The molecule has 2 aliphatic carbocycles. The Labute approximate surface area is 109 Å². The Morgan fingerprint density at radius 1 is 1.06 bits per heavy atom. The molecule has 1 saturated carbocycles. The van der Waals surface area contributed by atoms with Crippen LogP contribution in [0.1, 0.15) is 31.9 Å². The molecule has 0 bridgehead atoms. The smallest absolute Gasteiger partial charge is 0.162 e. The number of fused-ring (bicyclic) bond motifs is 2. The molecular weight excluding hydrogens is 220 g/mol. The number of benzene rings is 1. The third kappa shape index (κ3) is 1.57. The van der Waals surface area contributed by atoms with Crippen LogP contribution >= 0.6 is 0 Å². The van der Waals surface area contributed by atoms with Gasteiger partial charge in [-0.1, -0.05) is 45.0 Å². The third-order valence-corrected chi connectivity index (χ3v) is 5.16. The second-order valence-electron chi connectivity index (χ2n) is 5.98. The van der Waals surface area contributed by atoms with Gasteiger partial charge in [0.1, 0.15) is 0 Å². The average Bonchev–Trinajstić information content (AvgIpc) is 2.41. The van der Waals surface area contributed by atoms with Gasteiger partial charge in [0.05, 0.1) is 0 Å². The SMILES string of the molecule is CC1C(=O)C2=Cc3ccccc3CC2C(C)C1C. The third-order valence-electron chi connectivity index (χ3n) is 5.16. The van der Waals surface area contributed by atoms with Crippen LogP contribution in [0.5, 0.6) is 0 Å². The number of ketones is 1. The molecule has 18 heavy (non-hydrogen) atoms. The summed E-state index contributed by atoms with van der Waals surface area (Å²) in [5, 5.41) is 0. The van der Waals surface area contributed by atoms with Crippen LogP contribution in [0.25, 0.3) is 6.08 Å². The standard InChI is InChI=1S/C17H20O/c1-10-11(2)15-8-13-6-4-5-7-14(13)9-16(15)17(18)12(10)3/h4-7,9-12,15H,8H2,1-3H3. The highest BCUT2D eigenvalue weighted by Gasteiger charge is 2.41. The van der Waals surface area contributed by atoms with Crippen LogP contribution < -0.4 is 0 Å². The molecule has 1 heteroatoms. The molecule has 0 aromatic heterocycles. The van der Waals surface area contributed by atoms with E-state index >= 15 is 0 Å². The van der Waals surface area contributed by atoms with Crippen LogP contribution in [-0.2, 0) is 11.2 Å². The van der Waals surface area contributed by atoms with Gasteiger partial charge in [0.15, 0.2) is 5.78 Å². The van der Waals surface area contributed by atoms with E-state index in [9.17, 15) is 4.79 Å². The van der Waals surface area contributed by atoms with E-state index in [-0.39, 0.29) is 5.92 Å². The predicted molar refractivity (Wildman–Crippen MR) is 74.1 cm³/mol. The lowest BCUT2D eigenvalue weighted by Crippen LogP contribution is -2.40. The van der Waals surface area contributed by atoms with Gasteiger partial charge >= 0.3 is 0 Å². The van der Waals surface area contributed by atoms with Gasteiger partial charge in [0.25, 0.3) is 0 Å². The summed E-state index contributed by atoms with van der Waals surface area (Å²) in [7, 11) is 0. The zero-order valence-electron chi connectivity index (χ0n) is 11.3. The molecule has 0 aliphatic heterocycles. The molecule has 0 heterocycles. The van der Waals surface area contributed by atoms with E-state index < -0.39 is 0 Å². The van der Waals surface area contributed by atoms with Crippen molar-refractivity contribution in [3.63, 3.8) is 0 Å². The molecule has 0 amide bonds. The normalized spacial score (nSPS) is 34.6. The van der Waals surface area contributed by atoms with Gasteiger partial charge in [0.2, 0.25) is 0 Å². The van der Waals surface area contributed by atoms with Crippen molar-refractivity contribution in [2.75, 3.05) is 0 Å². The van der Waals surface area contributed by atoms with Crippen LogP contribution in [0, 0.1) is 23.7 Å². The van der Waals surface area contributed by atoms with E-state index in [1.54, 1.807) is 0 Å². The average molecular weight is 240 g/mol. The first-order chi connectivity index (χ1) is 8.59. The molecule has 0 N–H and O–H groups in total. The summed E-state index contributed by atoms with van der Waals surface area (Å²) in [6.45, 7) is 6.62. The van der Waals surface area contributed by atoms with E-state index in [1.807, 2.05) is 0 Å². The summed E-state index contributed by atoms with van der Waals surface area (Å²) in [6.07, 6.45) is 3.18. The molecule has 3 rings (SSSR count). The first-order valence-corrected chi connectivity index (χ1v) is 6.93. The lowest BCUT2D eigenvalue weighted by atomic mass is 9.62. The summed E-state index contributed by atoms with van der Waals surface area (Å²) in [5.74, 6) is 2.06. The quantitative estimate of drug-likeness (QED) is 0.675. The zero-order valence-corrected chi connectivity index (χ0v) is 11.3. The fourth-order valence-electron chi connectivity index (χ4n) is 3.53. The molecule has 94 valence electrons. The summed E-state index contributed by atoms with van der Waals surface area (Å²) < 4.78 is 0. The minimum atomic E-state index is 0.174. The van der Waals surface area contributed by atoms with Crippen LogP contribution in [0.4, 0.5) is 0 Å². The zero-order chi connectivity index (χ0) is 12.9. The van der Waals surface area contributed by atoms with Gasteiger partial charge in [0, 0.05) is 5.92 Å². The number of hydrogen-bond acceptors (Lipinski definition) is 1. The molecule has 1 aromatic carbocycles. The van der Waals surface area contributed by atoms with Crippen molar-refractivity contribution in [1.29, 1.82) is 0 Å². The highest BCUT2D eigenvalue weighted by Crippen LogP contribution is 2.44. The molecule has 1 aromatic rings. The Morgan fingerprint density at radius 2 is 1.78 bits per heavy atom. The summed E-state index contributed by atoms with van der Waals surface area (Å²) in [5.41, 5.74) is 3.71. The lowest BCUT2D eigenvalue weighted by Gasteiger charge is -2.41. The highest BCUT2D eigenvalue weighted by molar-refractivity contribution is 6.03. The van der Waals surface area contributed by atoms with Gasteiger partial charge in [-0.15, -0.1) is 0 Å². The van der Waals surface area contributed by atoms with Crippen molar-refractivity contribution in [2.24, 2.45) is 23.7 Å². The van der Waals surface area contributed by atoms with Crippen LogP contribution in [0.3, 0.4) is 0 Å². The minimum absolute atomic E-state index is 0.174. The maximum Gasteiger partial charge on any atom is 0.162 e. The van der Waals surface area contributed by atoms with Crippen molar-refractivity contribution in [1.82, 2.24) is 0 Å². The second kappa shape index (κ2) is 4.08. The monoisotopic (exact) mass is 240 g/mol. The molecular formula is C17H20O. The first-order valence-electron chi connectivity index (χ1n) is 6.93. The highest BCUT2D eigenvalue weighted by atomic mass is 16.1. The van der Waals surface area contributed by atoms with E-state index in [1.165, 1.54) is 11.1 Å². The van der Waals surface area contributed by atoms with Gasteiger partial charge in [-0.25, -0.2) is 0 Å². The molecule has 4 atom stereocenters. The van der Waals surface area contributed by atoms with Crippen molar-refractivity contribution < 1.29 is 4.79 Å². The maximum atomic E-state index is 12.5. The molecule has 1 nitrogen and oxygen atoms in total. The summed E-state index contributed by atoms with van der Waals surface area (Å²) in [6, 6.07) is 8.47. The van der Waals surface area contributed by atoms with Crippen molar-refractivity contribution in [3.8, 4) is 0 Å². The largest absolute Gasteiger partial charge is 0.294 e. The molecule has 0 saturated heterocycles. The second-order valence-corrected chi connectivity index (χ2v) is 5.98. The maximum absolute atomic E-state index is 12.5. The van der Waals surface area contributed by atoms with Gasteiger partial charge < -0.3 is 0 Å². The summed E-state index contributed by atoms with van der Waals surface area (Å²) in [4.78, 5) is 12.5. The van der Waals surface area contributed by atoms with Crippen LogP contribution in [0.2, 0.25) is 0 Å². The number of Topliss-reactive ketones (excluding diaryl/α,β-unsaturated/α-hetero) is 1. The molecule has 0 spiro atoms. The Bertz CT molecular complexity index is 526. The van der Waals surface area contributed by atoms with E-state index in [4.69, 9.17) is 0 Å². The van der Waals surface area contributed by atoms with Crippen molar-refractivity contribution in [2.45, 2.75) is 27.2 Å². The molecule has 0 radical (unpaired) electrons. The van der Waals surface area contributed by atoms with Crippen LogP contribution in [-0.4, -0.2) is 5.78 Å². The van der Waals surface area contributed by atoms with E-state index in [2.05, 4.69) is 51.1 Å². The molecule has 4 unspecified atom stereocenters. The number of rotatable bonds is 0. The van der Waals surface area contributed by atoms with Gasteiger partial charge in [-0.2, -0.15) is 0 Å². The molecule has 1 fully saturated rings. The number of carbonyl (C=O) groups is 1. The predicted octanol–water partition coefficient (Wildman–Crippen LogP) is 3.73. The van der Waals surface area contributed by atoms with Crippen LogP contribution in [0.15, 0.2) is 29.8 Å².